The summed E-state index contributed by atoms with van der Waals surface area (Å²) in [5.41, 5.74) is 28.1. The first-order valence-electron chi connectivity index (χ1n) is 28.8. The van der Waals surface area contributed by atoms with Crippen LogP contribution in [0, 0.1) is 0 Å². The van der Waals surface area contributed by atoms with Crippen molar-refractivity contribution in [2.24, 2.45) is 0 Å². The van der Waals surface area contributed by atoms with Gasteiger partial charge in [0.05, 0.1) is 44.8 Å². The lowest BCUT2D eigenvalue weighted by Gasteiger charge is -2.43. The summed E-state index contributed by atoms with van der Waals surface area (Å²) in [6, 6.07) is 100. The van der Waals surface area contributed by atoms with Gasteiger partial charge in [0.25, 0.3) is 0 Å². The monoisotopic (exact) mass is 1050 g/mol. The molecule has 0 saturated heterocycles. The van der Waals surface area contributed by atoms with Gasteiger partial charge in [0, 0.05) is 55.1 Å². The third kappa shape index (κ3) is 6.49. The fourth-order valence-electron chi connectivity index (χ4n) is 14.8. The van der Waals surface area contributed by atoms with Crippen LogP contribution in [0.1, 0.15) is 49.9 Å². The Hall–Kier alpha value is -10.2. The summed E-state index contributed by atoms with van der Waals surface area (Å²) in [7, 11) is 0. The van der Waals surface area contributed by atoms with Crippen LogP contribution in [0.4, 0.5) is 34.1 Å². The highest BCUT2D eigenvalue weighted by molar-refractivity contribution is 6.12. The number of anilines is 6. The molecule has 82 heavy (non-hydrogen) atoms. The van der Waals surface area contributed by atoms with E-state index < -0.39 is 0 Å². The number of para-hydroxylation sites is 8. The van der Waals surface area contributed by atoms with Crippen LogP contribution in [0.15, 0.2) is 267 Å². The van der Waals surface area contributed by atoms with E-state index in [9.17, 15) is 0 Å². The quantitative estimate of drug-likeness (QED) is 0.175. The molecule has 0 fully saturated rings. The van der Waals surface area contributed by atoms with Crippen molar-refractivity contribution in [1.82, 2.24) is 9.13 Å². The minimum Gasteiger partial charge on any atom is -0.310 e. The first-order valence-corrected chi connectivity index (χ1v) is 28.8. The topological polar surface area (TPSA) is 16.3 Å². The first-order chi connectivity index (χ1) is 40.2. The Bertz CT molecular complexity index is 4570. The Morgan fingerprint density at radius 3 is 0.902 bits per heavy atom. The second-order valence-corrected chi connectivity index (χ2v) is 23.7. The summed E-state index contributed by atoms with van der Waals surface area (Å²) < 4.78 is 4.96. The highest BCUT2D eigenvalue weighted by Crippen LogP contribution is 2.60. The van der Waals surface area contributed by atoms with Crippen LogP contribution >= 0.6 is 0 Å². The highest BCUT2D eigenvalue weighted by atomic mass is 15.2. The van der Waals surface area contributed by atoms with Crippen LogP contribution in [0.5, 0.6) is 0 Å². The molecule has 3 aliphatic rings. The van der Waals surface area contributed by atoms with Gasteiger partial charge in [-0.05, 0) is 176 Å². The molecule has 0 bridgehead atoms. The molecule has 2 aromatic heterocycles. The van der Waals surface area contributed by atoms with Crippen molar-refractivity contribution in [3.05, 3.63) is 289 Å². The predicted molar refractivity (Wildman–Crippen MR) is 344 cm³/mol. The number of nitrogens with zero attached hydrogens (tertiary/aromatic N) is 4. The van der Waals surface area contributed by atoms with E-state index in [0.717, 1.165) is 22.7 Å². The molecule has 0 saturated carbocycles. The zero-order valence-electron chi connectivity index (χ0n) is 46.2. The van der Waals surface area contributed by atoms with Crippen LogP contribution in [-0.4, -0.2) is 9.13 Å². The lowest BCUT2D eigenvalue weighted by atomic mass is 9.69. The number of hydrogen-bond donors (Lipinski definition) is 0. The van der Waals surface area contributed by atoms with Crippen molar-refractivity contribution in [3.63, 3.8) is 0 Å². The number of hydrogen-bond acceptors (Lipinski definition) is 2. The van der Waals surface area contributed by atoms with E-state index in [4.69, 9.17) is 0 Å². The minimum absolute atomic E-state index is 0.350. The van der Waals surface area contributed by atoms with Gasteiger partial charge in [-0.25, -0.2) is 0 Å². The zero-order valence-corrected chi connectivity index (χ0v) is 46.2. The van der Waals surface area contributed by atoms with Crippen LogP contribution in [-0.2, 0) is 10.8 Å². The van der Waals surface area contributed by atoms with Gasteiger partial charge < -0.3 is 18.9 Å². The maximum Gasteiger partial charge on any atom is 0.0541 e. The van der Waals surface area contributed by atoms with Crippen molar-refractivity contribution in [2.45, 2.75) is 38.5 Å². The molecule has 1 aliphatic carbocycles. The number of fused-ring (bicyclic) bond motifs is 18. The van der Waals surface area contributed by atoms with E-state index in [-0.39, 0.29) is 10.8 Å². The van der Waals surface area contributed by atoms with Crippen LogP contribution in [0.3, 0.4) is 0 Å². The average Bonchev–Trinajstić information content (AvgIpc) is 2.61. The molecule has 388 valence electrons. The Balaban J connectivity index is 1.04. The molecule has 0 amide bonds. The van der Waals surface area contributed by atoms with Gasteiger partial charge in [-0.3, -0.25) is 0 Å². The van der Waals surface area contributed by atoms with E-state index in [0.29, 0.717) is 0 Å². The Morgan fingerprint density at radius 2 is 0.524 bits per heavy atom. The predicted octanol–water partition coefficient (Wildman–Crippen LogP) is 21.1. The number of benzene rings is 12. The molecule has 0 N–H and O–H groups in total. The summed E-state index contributed by atoms with van der Waals surface area (Å²) >= 11 is 0. The second-order valence-electron chi connectivity index (χ2n) is 23.7. The van der Waals surface area contributed by atoms with Gasteiger partial charge in [0.2, 0.25) is 0 Å². The maximum absolute atomic E-state index is 2.57. The first kappa shape index (κ1) is 46.7. The standard InChI is InChI=1S/C78H56N4/c1-77(2)65-31-15-21-37-73(65)79(49-23-7-5-8-24-49)75-47-63-60-44-52(82-71-35-19-13-29-57(71)58-30-14-20-36-72(58)82)40-42-54(60)62-46-68-76(80(50-25-9-6-10-26-50)74-38-22-16-32-66(74)78(68,3)4)48-64(62)59-43-51(39-41-53(59)61(63)45-67(75)77)81-69-33-17-11-27-55(69)56-28-12-18-34-70(56)81/h5-48H,1-4H3. The maximum atomic E-state index is 2.57. The molecule has 0 radical (unpaired) electrons. The Kier molecular flexibility index (Phi) is 9.79. The summed E-state index contributed by atoms with van der Waals surface area (Å²) in [5, 5.41) is 4.98. The van der Waals surface area contributed by atoms with Gasteiger partial charge in [-0.1, -0.05) is 185 Å². The van der Waals surface area contributed by atoms with Crippen LogP contribution < -0.4 is 9.80 Å². The van der Waals surface area contributed by atoms with Crippen LogP contribution in [0.2, 0.25) is 0 Å². The summed E-state index contributed by atoms with van der Waals surface area (Å²) in [5.74, 6) is 0. The Morgan fingerprint density at radius 1 is 0.220 bits per heavy atom. The van der Waals surface area contributed by atoms with Crippen molar-refractivity contribution in [2.75, 3.05) is 9.80 Å². The van der Waals surface area contributed by atoms with Gasteiger partial charge in [0.15, 0.2) is 0 Å². The highest BCUT2D eigenvalue weighted by Gasteiger charge is 2.41. The summed E-state index contributed by atoms with van der Waals surface area (Å²) in [4.78, 5) is 5.03. The van der Waals surface area contributed by atoms with Gasteiger partial charge in [0.1, 0.15) is 0 Å². The molecular weight excluding hydrogens is 993 g/mol. The van der Waals surface area contributed by atoms with Crippen LogP contribution in [0.25, 0.3) is 99.5 Å². The molecule has 2 aliphatic heterocycles. The van der Waals surface area contributed by atoms with E-state index >= 15 is 0 Å². The molecule has 0 spiro atoms. The largest absolute Gasteiger partial charge is 0.310 e. The SMILES string of the molecule is CC1(C)c2ccccc2N(c2ccccc2)c2cc3c(cc21)-c1ccc(-n2c4ccccc4c4ccccc42)cc1-c1cc2c(cc1-c1ccc(-n4c5ccccc5c5ccccc54)cc1-3)C(C)(C)c1ccccc1N2c1ccccc1. The van der Waals surface area contributed by atoms with Gasteiger partial charge in [-0.15, -0.1) is 0 Å². The van der Waals surface area contributed by atoms with Crippen molar-refractivity contribution < 1.29 is 0 Å². The molecule has 17 rings (SSSR count). The second kappa shape index (κ2) is 17.2. The van der Waals surface area contributed by atoms with Gasteiger partial charge >= 0.3 is 0 Å². The molecular formula is C78H56N4. The molecule has 4 heterocycles. The fourth-order valence-corrected chi connectivity index (χ4v) is 14.8. The molecule has 14 aromatic rings. The average molecular weight is 1050 g/mol. The van der Waals surface area contributed by atoms with E-state index in [2.05, 4.69) is 314 Å². The van der Waals surface area contributed by atoms with Crippen molar-refractivity contribution >= 4 is 77.7 Å². The van der Waals surface area contributed by atoms with E-state index in [1.165, 1.54) is 133 Å². The fraction of sp³-hybridized carbons (Fsp3) is 0.0769. The summed E-state index contributed by atoms with van der Waals surface area (Å²) in [6.45, 7) is 9.68. The number of rotatable bonds is 4. The van der Waals surface area contributed by atoms with E-state index in [1.807, 2.05) is 0 Å². The van der Waals surface area contributed by atoms with Gasteiger partial charge in [-0.2, -0.15) is 0 Å². The lowest BCUT2D eigenvalue weighted by Crippen LogP contribution is -2.31. The molecule has 0 atom stereocenters. The zero-order chi connectivity index (χ0) is 54.6. The molecule has 4 heteroatoms. The minimum atomic E-state index is -0.350. The third-order valence-electron chi connectivity index (χ3n) is 18.6. The lowest BCUT2D eigenvalue weighted by molar-refractivity contribution is 0.632. The molecule has 4 nitrogen and oxygen atoms in total. The Labute approximate surface area is 477 Å². The molecule has 0 unspecified atom stereocenters. The summed E-state index contributed by atoms with van der Waals surface area (Å²) in [6.07, 6.45) is 0. The molecule has 12 aromatic carbocycles. The normalized spacial score (nSPS) is 14.2. The number of aromatic nitrogens is 2. The van der Waals surface area contributed by atoms with Crippen molar-refractivity contribution in [3.8, 4) is 55.9 Å². The van der Waals surface area contributed by atoms with E-state index in [1.54, 1.807) is 0 Å². The van der Waals surface area contributed by atoms with Crippen molar-refractivity contribution in [1.29, 1.82) is 0 Å². The smallest absolute Gasteiger partial charge is 0.0541 e. The third-order valence-corrected chi connectivity index (χ3v) is 18.6.